The number of nitrogens with two attached hydrogens (primary N) is 1. The van der Waals surface area contributed by atoms with E-state index in [1.54, 1.807) is 54.4 Å². The highest BCUT2D eigenvalue weighted by molar-refractivity contribution is 6.30. The summed E-state index contributed by atoms with van der Waals surface area (Å²) < 4.78 is 13.7. The normalized spacial score (nSPS) is 17.2. The number of amides is 2. The zero-order chi connectivity index (χ0) is 27.4. The first-order valence-corrected chi connectivity index (χ1v) is 13.0. The molecule has 0 saturated heterocycles. The number of carbonyl (C=O) groups is 2. The molecule has 4 rings (SSSR count). The average molecular weight is 535 g/mol. The molecule has 0 aromatic heterocycles. The first kappa shape index (κ1) is 27.3. The summed E-state index contributed by atoms with van der Waals surface area (Å²) in [6, 6.07) is 20.4. The van der Waals surface area contributed by atoms with E-state index in [0.717, 1.165) is 17.5 Å². The lowest BCUT2D eigenvalue weighted by Gasteiger charge is -2.27. The molecule has 1 heterocycles. The standard InChI is InChI=1S/C30H32ClFN4O2/c1-20(2)15-16-30(24-9-13-26(32)14-10-24)28(38)36(29(33)34-30)19-22-5-4-6-23(17-22)27(37)35(3)18-21-7-11-25(31)12-8-21/h4-14,17,20H,15-16,18-19H2,1-3H3,(H2,33,34). The van der Waals surface area contributed by atoms with Crippen molar-refractivity contribution < 1.29 is 14.0 Å². The molecule has 3 aromatic rings. The smallest absolute Gasteiger partial charge is 0.262 e. The van der Waals surface area contributed by atoms with Gasteiger partial charge >= 0.3 is 0 Å². The van der Waals surface area contributed by atoms with Crippen LogP contribution in [0.25, 0.3) is 0 Å². The highest BCUT2D eigenvalue weighted by atomic mass is 35.5. The van der Waals surface area contributed by atoms with Gasteiger partial charge in [-0.2, -0.15) is 0 Å². The lowest BCUT2D eigenvalue weighted by Crippen LogP contribution is -2.42. The first-order valence-electron chi connectivity index (χ1n) is 12.6. The molecule has 0 aliphatic carbocycles. The van der Waals surface area contributed by atoms with E-state index in [1.165, 1.54) is 17.0 Å². The van der Waals surface area contributed by atoms with Crippen molar-refractivity contribution >= 4 is 29.4 Å². The van der Waals surface area contributed by atoms with Crippen molar-refractivity contribution in [3.8, 4) is 0 Å². The van der Waals surface area contributed by atoms with Crippen molar-refractivity contribution in [1.29, 1.82) is 0 Å². The molecule has 1 aliphatic rings. The fraction of sp³-hybridized carbons (Fsp3) is 0.300. The highest BCUT2D eigenvalue weighted by Crippen LogP contribution is 2.39. The summed E-state index contributed by atoms with van der Waals surface area (Å²) in [5, 5.41) is 0.641. The van der Waals surface area contributed by atoms with Crippen LogP contribution >= 0.6 is 11.6 Å². The third-order valence-corrected chi connectivity index (χ3v) is 7.03. The predicted molar refractivity (Wildman–Crippen MR) is 148 cm³/mol. The first-order chi connectivity index (χ1) is 18.1. The Morgan fingerprint density at radius 3 is 2.42 bits per heavy atom. The van der Waals surface area contributed by atoms with Crippen LogP contribution in [0.5, 0.6) is 0 Å². The number of guanidine groups is 1. The Bertz CT molecular complexity index is 1340. The Kier molecular flexibility index (Phi) is 8.17. The zero-order valence-electron chi connectivity index (χ0n) is 21.8. The van der Waals surface area contributed by atoms with Crippen molar-refractivity contribution in [2.24, 2.45) is 16.6 Å². The molecule has 0 fully saturated rings. The second kappa shape index (κ2) is 11.4. The van der Waals surface area contributed by atoms with Crippen LogP contribution in [0.3, 0.4) is 0 Å². The van der Waals surface area contributed by atoms with E-state index in [-0.39, 0.29) is 30.1 Å². The quantitative estimate of drug-likeness (QED) is 0.380. The Morgan fingerprint density at radius 1 is 1.08 bits per heavy atom. The highest BCUT2D eigenvalue weighted by Gasteiger charge is 2.48. The fourth-order valence-corrected chi connectivity index (χ4v) is 4.77. The number of hydrogen-bond donors (Lipinski definition) is 1. The molecule has 198 valence electrons. The number of halogens is 2. The van der Waals surface area contributed by atoms with Crippen molar-refractivity contribution in [2.45, 2.75) is 45.3 Å². The number of carbonyl (C=O) groups excluding carboxylic acids is 2. The molecular weight excluding hydrogens is 503 g/mol. The van der Waals surface area contributed by atoms with Crippen LogP contribution in [-0.2, 0) is 23.4 Å². The summed E-state index contributed by atoms with van der Waals surface area (Å²) in [5.74, 6) is -0.319. The summed E-state index contributed by atoms with van der Waals surface area (Å²) in [5.41, 5.74) is 7.94. The Balaban J connectivity index is 1.54. The predicted octanol–water partition coefficient (Wildman–Crippen LogP) is 5.74. The maximum Gasteiger partial charge on any atom is 0.262 e. The summed E-state index contributed by atoms with van der Waals surface area (Å²) >= 11 is 5.96. The molecule has 0 saturated carbocycles. The van der Waals surface area contributed by atoms with Crippen LogP contribution in [0.1, 0.15) is 53.7 Å². The summed E-state index contributed by atoms with van der Waals surface area (Å²) in [4.78, 5) is 34.7. The van der Waals surface area contributed by atoms with Crippen LogP contribution < -0.4 is 5.73 Å². The van der Waals surface area contributed by atoms with E-state index < -0.39 is 5.54 Å². The Labute approximate surface area is 227 Å². The molecular formula is C30H32ClFN4O2. The van der Waals surface area contributed by atoms with Gasteiger partial charge in [0, 0.05) is 24.2 Å². The maximum absolute atomic E-state index is 13.8. The van der Waals surface area contributed by atoms with Crippen LogP contribution in [0, 0.1) is 11.7 Å². The third kappa shape index (κ3) is 5.89. The van der Waals surface area contributed by atoms with Gasteiger partial charge in [0.2, 0.25) is 0 Å². The van der Waals surface area contributed by atoms with Gasteiger partial charge in [-0.3, -0.25) is 14.5 Å². The van der Waals surface area contributed by atoms with Crippen molar-refractivity contribution in [2.75, 3.05) is 7.05 Å². The molecule has 1 aliphatic heterocycles. The van der Waals surface area contributed by atoms with Crippen LogP contribution in [0.2, 0.25) is 5.02 Å². The molecule has 0 bridgehead atoms. The summed E-state index contributed by atoms with van der Waals surface area (Å²) in [7, 11) is 1.74. The van der Waals surface area contributed by atoms with Crippen molar-refractivity contribution in [1.82, 2.24) is 9.80 Å². The summed E-state index contributed by atoms with van der Waals surface area (Å²) in [6.07, 6.45) is 1.21. The molecule has 8 heteroatoms. The lowest BCUT2D eigenvalue weighted by atomic mass is 9.83. The molecule has 6 nitrogen and oxygen atoms in total. The minimum absolute atomic E-state index is 0.111. The van der Waals surface area contributed by atoms with E-state index in [1.807, 2.05) is 18.2 Å². The monoisotopic (exact) mass is 534 g/mol. The zero-order valence-corrected chi connectivity index (χ0v) is 22.6. The van der Waals surface area contributed by atoms with Gasteiger partial charge in [0.25, 0.3) is 11.8 Å². The molecule has 1 unspecified atom stereocenters. The minimum Gasteiger partial charge on any atom is -0.369 e. The van der Waals surface area contributed by atoms with Crippen molar-refractivity contribution in [3.63, 3.8) is 0 Å². The number of aliphatic imine (C=N–C) groups is 1. The maximum atomic E-state index is 13.8. The number of hydrogen-bond acceptors (Lipinski definition) is 4. The molecule has 38 heavy (non-hydrogen) atoms. The molecule has 0 spiro atoms. The largest absolute Gasteiger partial charge is 0.369 e. The van der Waals surface area contributed by atoms with Gasteiger partial charge in [0.1, 0.15) is 5.82 Å². The molecule has 2 amide bonds. The van der Waals surface area contributed by atoms with Gasteiger partial charge in [-0.15, -0.1) is 0 Å². The van der Waals surface area contributed by atoms with Crippen LogP contribution in [-0.4, -0.2) is 34.6 Å². The molecule has 1 atom stereocenters. The third-order valence-electron chi connectivity index (χ3n) is 6.78. The lowest BCUT2D eigenvalue weighted by molar-refractivity contribution is -0.132. The minimum atomic E-state index is -1.20. The van der Waals surface area contributed by atoms with Crippen LogP contribution in [0.4, 0.5) is 4.39 Å². The van der Waals surface area contributed by atoms with E-state index in [9.17, 15) is 14.0 Å². The molecule has 0 radical (unpaired) electrons. The average Bonchev–Trinajstić information content (AvgIpc) is 3.14. The summed E-state index contributed by atoms with van der Waals surface area (Å²) in [6.45, 7) is 4.76. The van der Waals surface area contributed by atoms with E-state index in [2.05, 4.69) is 18.8 Å². The van der Waals surface area contributed by atoms with E-state index >= 15 is 0 Å². The Hall–Kier alpha value is -3.71. The number of rotatable bonds is 9. The second-order valence-electron chi connectivity index (χ2n) is 10.1. The molecule has 3 aromatic carbocycles. The van der Waals surface area contributed by atoms with Gasteiger partial charge < -0.3 is 10.6 Å². The second-order valence-corrected chi connectivity index (χ2v) is 10.6. The topological polar surface area (TPSA) is 79.0 Å². The van der Waals surface area contributed by atoms with E-state index in [4.69, 9.17) is 17.3 Å². The van der Waals surface area contributed by atoms with Gasteiger partial charge in [-0.1, -0.05) is 61.8 Å². The van der Waals surface area contributed by atoms with Crippen LogP contribution in [0.15, 0.2) is 77.8 Å². The van der Waals surface area contributed by atoms with Crippen molar-refractivity contribution in [3.05, 3.63) is 106 Å². The van der Waals surface area contributed by atoms with E-state index in [0.29, 0.717) is 35.0 Å². The van der Waals surface area contributed by atoms with Gasteiger partial charge in [0.15, 0.2) is 11.5 Å². The number of nitrogens with zero attached hydrogens (tertiary/aromatic N) is 3. The van der Waals surface area contributed by atoms with Gasteiger partial charge in [-0.05, 0) is 71.8 Å². The number of benzene rings is 3. The van der Waals surface area contributed by atoms with Gasteiger partial charge in [-0.25, -0.2) is 9.38 Å². The Morgan fingerprint density at radius 2 is 1.76 bits per heavy atom. The fourth-order valence-electron chi connectivity index (χ4n) is 4.64. The SMILES string of the molecule is CC(C)CCC1(c2ccc(F)cc2)N=C(N)N(Cc2cccc(C(=O)N(C)Cc3ccc(Cl)cc3)c2)C1=O. The molecule has 2 N–H and O–H groups in total. The van der Waals surface area contributed by atoms with Gasteiger partial charge in [0.05, 0.1) is 6.54 Å².